The first-order valence-electron chi connectivity index (χ1n) is 9.64. The van der Waals surface area contributed by atoms with Crippen LogP contribution >= 0.6 is 0 Å². The zero-order valence-electron chi connectivity index (χ0n) is 17.3. The van der Waals surface area contributed by atoms with Crippen LogP contribution in [-0.2, 0) is 0 Å². The van der Waals surface area contributed by atoms with Gasteiger partial charge in [-0.1, -0.05) is 0 Å². The lowest BCUT2D eigenvalue weighted by Crippen LogP contribution is -2.32. The smallest absolute Gasteiger partial charge is 0.312 e. The van der Waals surface area contributed by atoms with E-state index in [0.717, 1.165) is 22.7 Å². The molecule has 2 aromatic carbocycles. The summed E-state index contributed by atoms with van der Waals surface area (Å²) in [6.45, 7) is 4.60. The summed E-state index contributed by atoms with van der Waals surface area (Å²) < 4.78 is 18.5. The van der Waals surface area contributed by atoms with Gasteiger partial charge in [0.05, 0.1) is 31.1 Å². The Balaban J connectivity index is 1.84. The van der Waals surface area contributed by atoms with Crippen LogP contribution in [0.1, 0.15) is 13.8 Å². The largest absolute Gasteiger partial charge is 0.497 e. The Hall–Kier alpha value is -3.68. The van der Waals surface area contributed by atoms with Crippen molar-refractivity contribution in [3.8, 4) is 34.3 Å². The Morgan fingerprint density at radius 1 is 1.10 bits per heavy atom. The summed E-state index contributed by atoms with van der Waals surface area (Å²) in [4.78, 5) is 10.7. The number of urea groups is 1. The number of ether oxygens (including phenoxy) is 3. The third kappa shape index (κ3) is 5.44. The molecule has 3 rings (SSSR count). The molecule has 0 radical (unpaired) electrons. The van der Waals surface area contributed by atoms with E-state index in [0.29, 0.717) is 24.8 Å². The number of benzene rings is 2. The van der Waals surface area contributed by atoms with Crippen LogP contribution in [0.15, 0.2) is 54.6 Å². The summed E-state index contributed by atoms with van der Waals surface area (Å²) in [6.07, 6.45) is 0.0156. The van der Waals surface area contributed by atoms with Gasteiger partial charge in [0.1, 0.15) is 18.1 Å². The molecule has 0 spiro atoms. The van der Waals surface area contributed by atoms with Gasteiger partial charge in [0.25, 0.3) is 0 Å². The van der Waals surface area contributed by atoms with Crippen molar-refractivity contribution >= 4 is 6.03 Å². The summed E-state index contributed by atoms with van der Waals surface area (Å²) in [7, 11) is 1.64. The molecule has 0 bridgehead atoms. The number of rotatable bonds is 9. The van der Waals surface area contributed by atoms with Crippen LogP contribution in [0.2, 0.25) is 0 Å². The minimum atomic E-state index is -0.569. The molecule has 8 heteroatoms. The van der Waals surface area contributed by atoms with Crippen LogP contribution < -0.4 is 25.3 Å². The van der Waals surface area contributed by atoms with Gasteiger partial charge in [0.2, 0.25) is 5.88 Å². The number of nitrogens with zero attached hydrogens (tertiary/aromatic N) is 2. The third-order valence-corrected chi connectivity index (χ3v) is 4.18. The first-order valence-corrected chi connectivity index (χ1v) is 9.64. The predicted octanol–water partition coefficient (Wildman–Crippen LogP) is 3.38. The standard InChI is InChI=1S/C22H26N4O4/c1-15(2)30-21-14-20(26(25-21)17-6-10-18(28-3)11-7-17)16-4-8-19(9-5-16)29-13-12-24-22(23)27/h4-11,14-15H,12-13H2,1-3H3,(H3,23,24,27). The molecule has 0 aliphatic heterocycles. The predicted molar refractivity (Wildman–Crippen MR) is 114 cm³/mol. The monoisotopic (exact) mass is 410 g/mol. The number of hydrogen-bond acceptors (Lipinski definition) is 5. The Labute approximate surface area is 175 Å². The number of primary amides is 1. The van der Waals surface area contributed by atoms with Crippen LogP contribution in [0, 0.1) is 0 Å². The minimum absolute atomic E-state index is 0.0156. The molecule has 0 saturated carbocycles. The van der Waals surface area contributed by atoms with Crippen LogP contribution in [0.5, 0.6) is 17.4 Å². The number of nitrogens with two attached hydrogens (primary N) is 1. The van der Waals surface area contributed by atoms with Gasteiger partial charge in [-0.2, -0.15) is 0 Å². The van der Waals surface area contributed by atoms with Gasteiger partial charge < -0.3 is 25.3 Å². The number of methoxy groups -OCH3 is 1. The van der Waals surface area contributed by atoms with E-state index < -0.39 is 6.03 Å². The van der Waals surface area contributed by atoms with Gasteiger partial charge in [0, 0.05) is 11.6 Å². The molecule has 158 valence electrons. The molecule has 0 unspecified atom stereocenters. The average molecular weight is 410 g/mol. The maximum Gasteiger partial charge on any atom is 0.312 e. The third-order valence-electron chi connectivity index (χ3n) is 4.18. The maximum absolute atomic E-state index is 10.7. The summed E-state index contributed by atoms with van der Waals surface area (Å²) in [5.41, 5.74) is 7.77. The van der Waals surface area contributed by atoms with Crippen molar-refractivity contribution in [1.29, 1.82) is 0 Å². The van der Waals surface area contributed by atoms with E-state index in [1.54, 1.807) is 7.11 Å². The molecule has 2 amide bonds. The fraction of sp³-hybridized carbons (Fsp3) is 0.273. The van der Waals surface area contributed by atoms with Gasteiger partial charge in [0.15, 0.2) is 0 Å². The normalized spacial score (nSPS) is 10.7. The lowest BCUT2D eigenvalue weighted by Gasteiger charge is -2.10. The van der Waals surface area contributed by atoms with E-state index in [1.165, 1.54) is 0 Å². The van der Waals surface area contributed by atoms with Crippen molar-refractivity contribution in [3.63, 3.8) is 0 Å². The van der Waals surface area contributed by atoms with E-state index >= 15 is 0 Å². The highest BCUT2D eigenvalue weighted by Gasteiger charge is 2.14. The second-order valence-corrected chi connectivity index (χ2v) is 6.81. The molecule has 0 aliphatic carbocycles. The maximum atomic E-state index is 10.7. The van der Waals surface area contributed by atoms with Gasteiger partial charge in [-0.3, -0.25) is 0 Å². The first kappa shape index (κ1) is 21.0. The minimum Gasteiger partial charge on any atom is -0.497 e. The van der Waals surface area contributed by atoms with Gasteiger partial charge in [-0.05, 0) is 62.4 Å². The Morgan fingerprint density at radius 3 is 2.37 bits per heavy atom. The van der Waals surface area contributed by atoms with E-state index in [1.807, 2.05) is 73.1 Å². The lowest BCUT2D eigenvalue weighted by atomic mass is 10.1. The Morgan fingerprint density at radius 2 is 1.77 bits per heavy atom. The summed E-state index contributed by atoms with van der Waals surface area (Å²) in [6, 6.07) is 16.6. The SMILES string of the molecule is COc1ccc(-n2nc(OC(C)C)cc2-c2ccc(OCCNC(N)=O)cc2)cc1. The van der Waals surface area contributed by atoms with Crippen molar-refractivity contribution in [2.45, 2.75) is 20.0 Å². The number of nitrogens with one attached hydrogen (secondary N) is 1. The van der Waals surface area contributed by atoms with Crippen LogP contribution in [-0.4, -0.2) is 42.2 Å². The zero-order chi connectivity index (χ0) is 21.5. The molecule has 30 heavy (non-hydrogen) atoms. The zero-order valence-corrected chi connectivity index (χ0v) is 17.3. The molecule has 1 aromatic heterocycles. The van der Waals surface area contributed by atoms with Crippen LogP contribution in [0.3, 0.4) is 0 Å². The Kier molecular flexibility index (Phi) is 6.79. The second kappa shape index (κ2) is 9.69. The summed E-state index contributed by atoms with van der Waals surface area (Å²) in [5, 5.41) is 7.11. The topological polar surface area (TPSA) is 101 Å². The number of carbonyl (C=O) groups is 1. The van der Waals surface area contributed by atoms with Gasteiger partial charge >= 0.3 is 6.03 Å². The second-order valence-electron chi connectivity index (χ2n) is 6.81. The van der Waals surface area contributed by atoms with E-state index in [2.05, 4.69) is 10.4 Å². The molecule has 3 N–H and O–H groups in total. The van der Waals surface area contributed by atoms with Crippen molar-refractivity contribution < 1.29 is 19.0 Å². The fourth-order valence-electron chi connectivity index (χ4n) is 2.85. The molecular weight excluding hydrogens is 384 g/mol. The number of hydrogen-bond donors (Lipinski definition) is 2. The number of amides is 2. The first-order chi connectivity index (χ1) is 14.5. The van der Waals surface area contributed by atoms with E-state index in [-0.39, 0.29) is 6.10 Å². The molecular formula is C22H26N4O4. The molecule has 0 aliphatic rings. The van der Waals surface area contributed by atoms with Crippen molar-refractivity contribution in [3.05, 3.63) is 54.6 Å². The lowest BCUT2D eigenvalue weighted by molar-refractivity contribution is 0.231. The average Bonchev–Trinajstić information content (AvgIpc) is 3.14. The van der Waals surface area contributed by atoms with Crippen LogP contribution in [0.4, 0.5) is 4.79 Å². The molecule has 3 aromatic rings. The highest BCUT2D eigenvalue weighted by atomic mass is 16.5. The summed E-state index contributed by atoms with van der Waals surface area (Å²) in [5.74, 6) is 2.02. The number of aromatic nitrogens is 2. The Bertz CT molecular complexity index is 966. The van der Waals surface area contributed by atoms with Crippen molar-refractivity contribution in [1.82, 2.24) is 15.1 Å². The molecule has 0 atom stereocenters. The van der Waals surface area contributed by atoms with Gasteiger partial charge in [-0.15, -0.1) is 5.10 Å². The number of carbonyl (C=O) groups excluding carboxylic acids is 1. The molecule has 0 saturated heterocycles. The van der Waals surface area contributed by atoms with E-state index in [9.17, 15) is 4.79 Å². The highest BCUT2D eigenvalue weighted by molar-refractivity contribution is 5.71. The summed E-state index contributed by atoms with van der Waals surface area (Å²) >= 11 is 0. The molecule has 0 fully saturated rings. The highest BCUT2D eigenvalue weighted by Crippen LogP contribution is 2.29. The van der Waals surface area contributed by atoms with Crippen molar-refractivity contribution in [2.24, 2.45) is 5.73 Å². The van der Waals surface area contributed by atoms with Crippen molar-refractivity contribution in [2.75, 3.05) is 20.3 Å². The van der Waals surface area contributed by atoms with E-state index in [4.69, 9.17) is 19.9 Å². The molecule has 8 nitrogen and oxygen atoms in total. The van der Waals surface area contributed by atoms with Crippen LogP contribution in [0.25, 0.3) is 16.9 Å². The quantitative estimate of drug-likeness (QED) is 0.527. The fourth-order valence-corrected chi connectivity index (χ4v) is 2.85. The molecule has 1 heterocycles. The van der Waals surface area contributed by atoms with Gasteiger partial charge in [-0.25, -0.2) is 9.48 Å².